The lowest BCUT2D eigenvalue weighted by atomic mass is 10.0. The number of ether oxygens (including phenoxy) is 1. The summed E-state index contributed by atoms with van der Waals surface area (Å²) in [6.45, 7) is 1.30. The Morgan fingerprint density at radius 2 is 1.68 bits per heavy atom. The summed E-state index contributed by atoms with van der Waals surface area (Å²) in [6, 6.07) is 20.6. The molecule has 0 aliphatic carbocycles. The zero-order chi connectivity index (χ0) is 22.2. The maximum absolute atomic E-state index is 12.2. The smallest absolute Gasteiger partial charge is 0.279 e. The largest absolute Gasteiger partial charge is 0.481 e. The van der Waals surface area contributed by atoms with Crippen LogP contribution in [0.1, 0.15) is 12.5 Å². The molecule has 0 bridgehead atoms. The summed E-state index contributed by atoms with van der Waals surface area (Å²) in [5.74, 6) is -0.835. The number of nitrogens with one attached hydrogen (secondary N) is 3. The number of halogens is 1. The molecule has 0 saturated heterocycles. The van der Waals surface area contributed by atoms with E-state index in [1.807, 2.05) is 48.5 Å². The van der Waals surface area contributed by atoms with E-state index in [1.165, 1.54) is 0 Å². The number of hydrazine groups is 1. The highest BCUT2D eigenvalue weighted by Gasteiger charge is 2.16. The summed E-state index contributed by atoms with van der Waals surface area (Å²) in [5, 5.41) is 4.60. The number of rotatable bonds is 7. The molecule has 0 spiro atoms. The van der Waals surface area contributed by atoms with E-state index in [-0.39, 0.29) is 18.9 Å². The molecule has 3 amide bonds. The summed E-state index contributed by atoms with van der Waals surface area (Å²) in [5.41, 5.74) is 5.43. The topological polar surface area (TPSA) is 96.5 Å². The molecule has 0 aliphatic heterocycles. The molecule has 3 rings (SSSR count). The third-order valence-electron chi connectivity index (χ3n) is 4.48. The van der Waals surface area contributed by atoms with Gasteiger partial charge in [0.05, 0.1) is 13.0 Å². The van der Waals surface area contributed by atoms with Crippen molar-refractivity contribution in [2.75, 3.05) is 6.54 Å². The Bertz CT molecular complexity index is 1100. The number of hydrogen-bond acceptors (Lipinski definition) is 4. The normalized spacial score (nSPS) is 11.4. The molecule has 0 aliphatic rings. The lowest BCUT2D eigenvalue weighted by Gasteiger charge is -2.15. The van der Waals surface area contributed by atoms with Gasteiger partial charge in [0.25, 0.3) is 11.8 Å². The van der Waals surface area contributed by atoms with Gasteiger partial charge in [0, 0.05) is 4.47 Å². The molecule has 0 fully saturated rings. The summed E-state index contributed by atoms with van der Waals surface area (Å²) in [7, 11) is 0. The number of hydrogen-bond donors (Lipinski definition) is 3. The molecule has 1 unspecified atom stereocenters. The van der Waals surface area contributed by atoms with E-state index in [1.54, 1.807) is 25.1 Å². The Labute approximate surface area is 188 Å². The zero-order valence-corrected chi connectivity index (χ0v) is 18.4. The minimum absolute atomic E-state index is 0.151. The Hall–Kier alpha value is -3.39. The molecule has 3 N–H and O–H groups in total. The lowest BCUT2D eigenvalue weighted by Crippen LogP contribution is -2.50. The standard InChI is InChI=1S/C23H22BrN3O4/c1-15(31-19-10-5-9-18(24)13-19)23(30)27-26-22(29)14-25-21(28)12-17-8-4-7-16-6-2-3-11-20(16)17/h2-11,13,15H,12,14H2,1H3,(H,25,28)(H,26,29)(H,27,30). The monoisotopic (exact) mass is 483 g/mol. The summed E-state index contributed by atoms with van der Waals surface area (Å²) < 4.78 is 6.35. The van der Waals surface area contributed by atoms with Gasteiger partial charge in [-0.2, -0.15) is 0 Å². The number of amides is 3. The van der Waals surface area contributed by atoms with Gasteiger partial charge in [0.15, 0.2) is 6.10 Å². The second kappa shape index (κ2) is 10.6. The highest BCUT2D eigenvalue weighted by molar-refractivity contribution is 9.10. The Morgan fingerprint density at radius 3 is 2.48 bits per heavy atom. The molecule has 3 aromatic rings. The van der Waals surface area contributed by atoms with Crippen LogP contribution in [0.4, 0.5) is 0 Å². The van der Waals surface area contributed by atoms with Crippen molar-refractivity contribution in [2.24, 2.45) is 0 Å². The fourth-order valence-electron chi connectivity index (χ4n) is 2.94. The van der Waals surface area contributed by atoms with E-state index in [0.29, 0.717) is 5.75 Å². The summed E-state index contributed by atoms with van der Waals surface area (Å²) >= 11 is 3.33. The van der Waals surface area contributed by atoms with Crippen LogP contribution in [0.15, 0.2) is 71.2 Å². The predicted molar refractivity (Wildman–Crippen MR) is 121 cm³/mol. The maximum atomic E-state index is 12.2. The van der Waals surface area contributed by atoms with Crippen LogP contribution in [0.5, 0.6) is 5.75 Å². The van der Waals surface area contributed by atoms with Crippen molar-refractivity contribution in [2.45, 2.75) is 19.4 Å². The molecule has 31 heavy (non-hydrogen) atoms. The molecule has 3 aromatic carbocycles. The van der Waals surface area contributed by atoms with Crippen molar-refractivity contribution < 1.29 is 19.1 Å². The van der Waals surface area contributed by atoms with Gasteiger partial charge in [-0.05, 0) is 41.5 Å². The minimum Gasteiger partial charge on any atom is -0.481 e. The third-order valence-corrected chi connectivity index (χ3v) is 4.97. The fourth-order valence-corrected chi connectivity index (χ4v) is 3.31. The van der Waals surface area contributed by atoms with Crippen molar-refractivity contribution in [1.82, 2.24) is 16.2 Å². The number of benzene rings is 3. The predicted octanol–water partition coefficient (Wildman–Crippen LogP) is 2.88. The Balaban J connectivity index is 1.42. The molecule has 8 heteroatoms. The minimum atomic E-state index is -0.824. The second-order valence-electron chi connectivity index (χ2n) is 6.85. The van der Waals surface area contributed by atoms with Crippen molar-refractivity contribution in [3.05, 3.63) is 76.8 Å². The number of carbonyl (C=O) groups excluding carboxylic acids is 3. The molecular weight excluding hydrogens is 462 g/mol. The molecule has 0 radical (unpaired) electrons. The van der Waals surface area contributed by atoms with Crippen LogP contribution < -0.4 is 20.9 Å². The molecule has 1 atom stereocenters. The fraction of sp³-hybridized carbons (Fsp3) is 0.174. The zero-order valence-electron chi connectivity index (χ0n) is 16.9. The molecular formula is C23H22BrN3O4. The van der Waals surface area contributed by atoms with Crippen LogP contribution in [-0.2, 0) is 20.8 Å². The van der Waals surface area contributed by atoms with E-state index in [4.69, 9.17) is 4.74 Å². The van der Waals surface area contributed by atoms with Crippen molar-refractivity contribution >= 4 is 44.4 Å². The van der Waals surface area contributed by atoms with Crippen molar-refractivity contribution in [3.63, 3.8) is 0 Å². The van der Waals surface area contributed by atoms with Gasteiger partial charge in [-0.3, -0.25) is 25.2 Å². The summed E-state index contributed by atoms with van der Waals surface area (Å²) in [6.07, 6.45) is -0.672. The number of carbonyl (C=O) groups is 3. The van der Waals surface area contributed by atoms with Crippen LogP contribution in [-0.4, -0.2) is 30.4 Å². The first-order valence-electron chi connectivity index (χ1n) is 9.66. The van der Waals surface area contributed by atoms with E-state index >= 15 is 0 Å². The second-order valence-corrected chi connectivity index (χ2v) is 7.76. The number of fused-ring (bicyclic) bond motifs is 1. The van der Waals surface area contributed by atoms with Gasteiger partial charge in [-0.25, -0.2) is 0 Å². The van der Waals surface area contributed by atoms with Crippen LogP contribution in [0, 0.1) is 0 Å². The molecule has 7 nitrogen and oxygen atoms in total. The van der Waals surface area contributed by atoms with Gasteiger partial charge in [-0.1, -0.05) is 64.5 Å². The molecule has 160 valence electrons. The molecule has 0 saturated carbocycles. The van der Waals surface area contributed by atoms with Crippen LogP contribution in [0.3, 0.4) is 0 Å². The Kier molecular flexibility index (Phi) is 7.61. The Morgan fingerprint density at radius 1 is 0.935 bits per heavy atom. The lowest BCUT2D eigenvalue weighted by molar-refractivity contribution is -0.132. The van der Waals surface area contributed by atoms with Crippen LogP contribution in [0.25, 0.3) is 10.8 Å². The van der Waals surface area contributed by atoms with Gasteiger partial charge >= 0.3 is 0 Å². The average Bonchev–Trinajstić information content (AvgIpc) is 2.76. The highest BCUT2D eigenvalue weighted by Crippen LogP contribution is 2.19. The van der Waals surface area contributed by atoms with E-state index in [0.717, 1.165) is 20.8 Å². The van der Waals surface area contributed by atoms with Crippen LogP contribution >= 0.6 is 15.9 Å². The maximum Gasteiger partial charge on any atom is 0.279 e. The first-order chi connectivity index (χ1) is 14.9. The third kappa shape index (κ3) is 6.55. The van der Waals surface area contributed by atoms with Gasteiger partial charge in [0.1, 0.15) is 5.75 Å². The molecule has 0 heterocycles. The van der Waals surface area contributed by atoms with Gasteiger partial charge < -0.3 is 10.1 Å². The average molecular weight is 484 g/mol. The van der Waals surface area contributed by atoms with E-state index in [2.05, 4.69) is 32.1 Å². The van der Waals surface area contributed by atoms with Crippen molar-refractivity contribution in [1.29, 1.82) is 0 Å². The van der Waals surface area contributed by atoms with Gasteiger partial charge in [-0.15, -0.1) is 0 Å². The van der Waals surface area contributed by atoms with Crippen molar-refractivity contribution in [3.8, 4) is 5.75 Å². The van der Waals surface area contributed by atoms with Crippen LogP contribution in [0.2, 0.25) is 0 Å². The quantitative estimate of drug-likeness (QED) is 0.450. The van der Waals surface area contributed by atoms with Gasteiger partial charge in [0.2, 0.25) is 5.91 Å². The summed E-state index contributed by atoms with van der Waals surface area (Å²) in [4.78, 5) is 36.3. The van der Waals surface area contributed by atoms with E-state index < -0.39 is 17.9 Å². The first kappa shape index (κ1) is 22.3. The van der Waals surface area contributed by atoms with E-state index in [9.17, 15) is 14.4 Å². The SMILES string of the molecule is CC(Oc1cccc(Br)c1)C(=O)NNC(=O)CNC(=O)Cc1cccc2ccccc12. The highest BCUT2D eigenvalue weighted by atomic mass is 79.9. The first-order valence-corrected chi connectivity index (χ1v) is 10.5. The molecule has 0 aromatic heterocycles.